The Labute approximate surface area is 246 Å². The van der Waals surface area contributed by atoms with E-state index in [0.29, 0.717) is 15.8 Å². The molecule has 0 bridgehead atoms. The van der Waals surface area contributed by atoms with Gasteiger partial charge in [0.2, 0.25) is 0 Å². The van der Waals surface area contributed by atoms with Gasteiger partial charge in [0.1, 0.15) is 11.5 Å². The Morgan fingerprint density at radius 2 is 1.65 bits per heavy atom. The topological polar surface area (TPSA) is 65.0 Å². The highest BCUT2D eigenvalue weighted by molar-refractivity contribution is 6.32. The minimum absolute atomic E-state index is 0.00766. The standard InChI is InChI=1S/C33H36Cl2O5/c1-19(2)25-17-26(20-7-11-23(34)12-8-20)30(21-9-13-24(38-6)14-10-21)40-31(25)27-15-22(33(3,4)5)16-28(35)32(27)39-18-29(36)37/h7-16,25-26,30-31H,1,17-18H2,2-6H3,(H,36,37)/t25-,26-,30+,31+/m1/s1. The van der Waals surface area contributed by atoms with Crippen LogP contribution in [-0.4, -0.2) is 24.8 Å². The van der Waals surface area contributed by atoms with Gasteiger partial charge < -0.3 is 19.3 Å². The zero-order valence-corrected chi connectivity index (χ0v) is 25.1. The van der Waals surface area contributed by atoms with Crippen LogP contribution in [0.4, 0.5) is 0 Å². The number of hydrogen-bond acceptors (Lipinski definition) is 4. The fourth-order valence-corrected chi connectivity index (χ4v) is 5.70. The Morgan fingerprint density at radius 1 is 1.02 bits per heavy atom. The summed E-state index contributed by atoms with van der Waals surface area (Å²) in [6, 6.07) is 19.7. The van der Waals surface area contributed by atoms with Crippen LogP contribution in [0.5, 0.6) is 11.5 Å². The fraction of sp³-hybridized carbons (Fsp3) is 0.364. The van der Waals surface area contributed by atoms with Crippen LogP contribution in [0.25, 0.3) is 0 Å². The molecule has 1 saturated heterocycles. The molecule has 1 fully saturated rings. The highest BCUT2D eigenvalue weighted by Gasteiger charge is 2.42. The number of carbonyl (C=O) groups is 1. The molecular weight excluding hydrogens is 547 g/mol. The maximum absolute atomic E-state index is 11.5. The second kappa shape index (κ2) is 12.3. The second-order valence-electron chi connectivity index (χ2n) is 11.4. The molecule has 4 atom stereocenters. The zero-order valence-electron chi connectivity index (χ0n) is 23.5. The van der Waals surface area contributed by atoms with Crippen molar-refractivity contribution in [1.82, 2.24) is 0 Å². The maximum atomic E-state index is 11.5. The molecule has 3 aromatic carbocycles. The molecule has 0 saturated carbocycles. The van der Waals surface area contributed by atoms with Crippen LogP contribution in [0.3, 0.4) is 0 Å². The van der Waals surface area contributed by atoms with E-state index in [1.165, 1.54) is 0 Å². The van der Waals surface area contributed by atoms with E-state index in [4.69, 9.17) is 37.4 Å². The quantitative estimate of drug-likeness (QED) is 0.268. The molecule has 40 heavy (non-hydrogen) atoms. The van der Waals surface area contributed by atoms with Crippen molar-refractivity contribution in [1.29, 1.82) is 0 Å². The van der Waals surface area contributed by atoms with Gasteiger partial charge in [0, 0.05) is 22.4 Å². The van der Waals surface area contributed by atoms with Crippen molar-refractivity contribution < 1.29 is 24.1 Å². The Hall–Kier alpha value is -2.99. The first-order valence-electron chi connectivity index (χ1n) is 13.3. The van der Waals surface area contributed by atoms with Crippen molar-refractivity contribution in [2.75, 3.05) is 13.7 Å². The van der Waals surface area contributed by atoms with Gasteiger partial charge in [-0.05, 0) is 71.8 Å². The summed E-state index contributed by atoms with van der Waals surface area (Å²) in [6.45, 7) is 12.1. The lowest BCUT2D eigenvalue weighted by molar-refractivity contribution is -0.139. The van der Waals surface area contributed by atoms with E-state index >= 15 is 0 Å². The van der Waals surface area contributed by atoms with Crippen molar-refractivity contribution in [2.24, 2.45) is 5.92 Å². The predicted octanol–water partition coefficient (Wildman–Crippen LogP) is 8.94. The molecule has 0 radical (unpaired) electrons. The molecule has 0 aromatic heterocycles. The number of hydrogen-bond donors (Lipinski definition) is 1. The molecule has 4 rings (SSSR count). The maximum Gasteiger partial charge on any atom is 0.341 e. The van der Waals surface area contributed by atoms with E-state index in [2.05, 4.69) is 27.4 Å². The van der Waals surface area contributed by atoms with Crippen molar-refractivity contribution in [3.63, 3.8) is 0 Å². The van der Waals surface area contributed by atoms with E-state index in [1.54, 1.807) is 7.11 Å². The van der Waals surface area contributed by atoms with Crippen LogP contribution in [-0.2, 0) is 14.9 Å². The van der Waals surface area contributed by atoms with E-state index < -0.39 is 18.7 Å². The number of ether oxygens (including phenoxy) is 3. The van der Waals surface area contributed by atoms with Gasteiger partial charge in [0.05, 0.1) is 24.3 Å². The van der Waals surface area contributed by atoms with Gasteiger partial charge in [-0.3, -0.25) is 0 Å². The van der Waals surface area contributed by atoms with Gasteiger partial charge in [-0.2, -0.15) is 0 Å². The largest absolute Gasteiger partial charge is 0.497 e. The van der Waals surface area contributed by atoms with Crippen molar-refractivity contribution >= 4 is 29.2 Å². The van der Waals surface area contributed by atoms with Crippen LogP contribution in [0.2, 0.25) is 10.0 Å². The predicted molar refractivity (Wildman–Crippen MR) is 160 cm³/mol. The summed E-state index contributed by atoms with van der Waals surface area (Å²) < 4.78 is 18.2. The number of benzene rings is 3. The second-order valence-corrected chi connectivity index (χ2v) is 12.2. The van der Waals surface area contributed by atoms with E-state index in [0.717, 1.165) is 40.0 Å². The molecule has 7 heteroatoms. The molecule has 5 nitrogen and oxygen atoms in total. The summed E-state index contributed by atoms with van der Waals surface area (Å²) in [5.41, 5.74) is 4.58. The first-order chi connectivity index (χ1) is 18.9. The lowest BCUT2D eigenvalue weighted by Crippen LogP contribution is -2.32. The van der Waals surface area contributed by atoms with E-state index in [-0.39, 0.29) is 23.4 Å². The molecule has 1 N–H and O–H groups in total. The van der Waals surface area contributed by atoms with Gasteiger partial charge in [0.25, 0.3) is 0 Å². The van der Waals surface area contributed by atoms with Gasteiger partial charge in [-0.15, -0.1) is 0 Å². The molecule has 1 aliphatic heterocycles. The summed E-state index contributed by atoms with van der Waals surface area (Å²) >= 11 is 13.0. The Kier molecular flexibility index (Phi) is 9.19. The number of halogens is 2. The summed E-state index contributed by atoms with van der Waals surface area (Å²) in [4.78, 5) is 11.5. The highest BCUT2D eigenvalue weighted by Crippen LogP contribution is 2.54. The summed E-state index contributed by atoms with van der Waals surface area (Å²) in [7, 11) is 1.64. The highest BCUT2D eigenvalue weighted by atomic mass is 35.5. The number of carboxylic acids is 1. The molecule has 1 aliphatic rings. The molecule has 0 unspecified atom stereocenters. The SMILES string of the molecule is C=C(C)[C@H]1C[C@H](c2ccc(Cl)cc2)[C@H](c2ccc(OC)cc2)O[C@@H]1c1cc(C(C)(C)C)cc(Cl)c1OCC(=O)O. The fourth-order valence-electron chi connectivity index (χ4n) is 5.29. The third-order valence-electron chi connectivity index (χ3n) is 7.49. The van der Waals surface area contributed by atoms with E-state index in [9.17, 15) is 9.90 Å². The Balaban J connectivity index is 1.88. The number of carboxylic acid groups (broad SMARTS) is 1. The summed E-state index contributed by atoms with van der Waals surface area (Å²) in [5.74, 6) is -0.0801. The van der Waals surface area contributed by atoms with Crippen molar-refractivity contribution in [2.45, 2.75) is 57.7 Å². The molecule has 212 valence electrons. The summed E-state index contributed by atoms with van der Waals surface area (Å²) in [5, 5.41) is 10.4. The molecule has 3 aromatic rings. The average molecular weight is 584 g/mol. The molecule has 0 spiro atoms. The molecule has 1 heterocycles. The number of aliphatic carboxylic acids is 1. The first-order valence-corrected chi connectivity index (χ1v) is 14.0. The lowest BCUT2D eigenvalue weighted by Gasteiger charge is -2.43. The van der Waals surface area contributed by atoms with Crippen LogP contribution < -0.4 is 9.47 Å². The monoisotopic (exact) mass is 582 g/mol. The van der Waals surface area contributed by atoms with Gasteiger partial charge in [-0.25, -0.2) is 4.79 Å². The van der Waals surface area contributed by atoms with E-state index in [1.807, 2.05) is 67.6 Å². The lowest BCUT2D eigenvalue weighted by atomic mass is 9.73. The first kappa shape index (κ1) is 30.0. The van der Waals surface area contributed by atoms with Crippen LogP contribution >= 0.6 is 23.2 Å². The van der Waals surface area contributed by atoms with Gasteiger partial charge in [0.15, 0.2) is 6.61 Å². The third-order valence-corrected chi connectivity index (χ3v) is 8.03. The average Bonchev–Trinajstić information content (AvgIpc) is 2.91. The number of methoxy groups -OCH3 is 1. The van der Waals surface area contributed by atoms with Crippen LogP contribution in [0.1, 0.15) is 74.5 Å². The third kappa shape index (κ3) is 6.65. The van der Waals surface area contributed by atoms with Crippen LogP contribution in [0.15, 0.2) is 72.8 Å². The smallest absolute Gasteiger partial charge is 0.341 e. The van der Waals surface area contributed by atoms with Gasteiger partial charge >= 0.3 is 5.97 Å². The molecular formula is C33H36Cl2O5. The van der Waals surface area contributed by atoms with Gasteiger partial charge in [-0.1, -0.05) is 80.4 Å². The molecule has 0 amide bonds. The minimum atomic E-state index is -1.08. The number of rotatable bonds is 8. The van der Waals surface area contributed by atoms with Crippen molar-refractivity contribution in [3.05, 3.63) is 105 Å². The van der Waals surface area contributed by atoms with Crippen LogP contribution in [0, 0.1) is 5.92 Å². The summed E-state index contributed by atoms with van der Waals surface area (Å²) in [6.07, 6.45) is -0.0533. The normalized spacial score (nSPS) is 21.1. The molecule has 0 aliphatic carbocycles. The zero-order chi connectivity index (χ0) is 29.2. The Morgan fingerprint density at radius 3 is 2.20 bits per heavy atom. The minimum Gasteiger partial charge on any atom is -0.497 e. The Bertz CT molecular complexity index is 1360. The van der Waals surface area contributed by atoms with Crippen molar-refractivity contribution in [3.8, 4) is 11.5 Å².